The third-order valence-corrected chi connectivity index (χ3v) is 5.96. The number of hydrogen-bond donors (Lipinski definition) is 0. The molecule has 0 fully saturated rings. The quantitative estimate of drug-likeness (QED) is 0.812. The van der Waals surface area contributed by atoms with E-state index in [2.05, 4.69) is 6.07 Å². The van der Waals surface area contributed by atoms with E-state index in [1.165, 1.54) is 10.6 Å². The van der Waals surface area contributed by atoms with Crippen molar-refractivity contribution in [1.29, 1.82) is 5.26 Å². The second kappa shape index (κ2) is 7.05. The molecule has 7 heteroatoms. The highest BCUT2D eigenvalue weighted by atomic mass is 32.2. The van der Waals surface area contributed by atoms with Crippen LogP contribution in [0.2, 0.25) is 0 Å². The first-order valence-corrected chi connectivity index (χ1v) is 10.4. The third-order valence-electron chi connectivity index (χ3n) is 4.69. The Hall–Kier alpha value is -2.85. The zero-order valence-corrected chi connectivity index (χ0v) is 16.3. The number of hydrogen-bond acceptors (Lipinski definition) is 4. The first-order valence-electron chi connectivity index (χ1n) is 8.57. The summed E-state index contributed by atoms with van der Waals surface area (Å²) in [5.41, 5.74) is 3.56. The molecule has 0 radical (unpaired) electrons. The fourth-order valence-corrected chi connectivity index (χ4v) is 4.76. The van der Waals surface area contributed by atoms with Crippen molar-refractivity contribution >= 4 is 21.6 Å². The van der Waals surface area contributed by atoms with Crippen LogP contribution in [-0.4, -0.2) is 38.6 Å². The lowest BCUT2D eigenvalue weighted by atomic mass is 10.1. The van der Waals surface area contributed by atoms with Crippen molar-refractivity contribution < 1.29 is 13.2 Å². The summed E-state index contributed by atoms with van der Waals surface area (Å²) in [5, 5.41) is 8.86. The maximum Gasteiger partial charge on any atom is 0.253 e. The van der Waals surface area contributed by atoms with Gasteiger partial charge in [-0.2, -0.15) is 5.26 Å². The largest absolute Gasteiger partial charge is 0.337 e. The normalized spacial score (nSPS) is 15.9. The summed E-state index contributed by atoms with van der Waals surface area (Å²) in [6, 6.07) is 14.2. The fourth-order valence-electron chi connectivity index (χ4n) is 3.49. The Kier molecular flexibility index (Phi) is 4.94. The molecular formula is C20H21N3O3S. The predicted molar refractivity (Wildman–Crippen MR) is 104 cm³/mol. The highest BCUT2D eigenvalue weighted by molar-refractivity contribution is 7.92. The van der Waals surface area contributed by atoms with Crippen LogP contribution >= 0.6 is 0 Å². The third kappa shape index (κ3) is 3.81. The summed E-state index contributed by atoms with van der Waals surface area (Å²) in [6.07, 6.45) is 1.78. The number of rotatable bonds is 4. The molecule has 1 aliphatic rings. The number of fused-ring (bicyclic) bond motifs is 1. The Bertz CT molecular complexity index is 1020. The van der Waals surface area contributed by atoms with E-state index in [9.17, 15) is 13.2 Å². The second-order valence-electron chi connectivity index (χ2n) is 6.93. The SMILES string of the molecule is CC1Cc2cc(C(=O)N(C)Cc3ccc(C#N)cc3)ccc2N1S(C)(=O)=O. The van der Waals surface area contributed by atoms with E-state index in [1.54, 1.807) is 42.3 Å². The van der Waals surface area contributed by atoms with Gasteiger partial charge in [0.15, 0.2) is 0 Å². The Balaban J connectivity index is 1.80. The van der Waals surface area contributed by atoms with Gasteiger partial charge in [-0.05, 0) is 54.8 Å². The van der Waals surface area contributed by atoms with Crippen molar-refractivity contribution in [3.8, 4) is 6.07 Å². The van der Waals surface area contributed by atoms with Crippen LogP contribution in [0.4, 0.5) is 5.69 Å². The van der Waals surface area contributed by atoms with Gasteiger partial charge < -0.3 is 4.90 Å². The van der Waals surface area contributed by atoms with Crippen molar-refractivity contribution in [2.45, 2.75) is 25.9 Å². The molecule has 140 valence electrons. The molecule has 1 heterocycles. The van der Waals surface area contributed by atoms with Gasteiger partial charge in [0, 0.05) is 25.2 Å². The van der Waals surface area contributed by atoms with Gasteiger partial charge >= 0.3 is 0 Å². The molecule has 1 aliphatic heterocycles. The van der Waals surface area contributed by atoms with Gasteiger partial charge in [0.05, 0.1) is 23.6 Å². The topological polar surface area (TPSA) is 81.5 Å². The summed E-state index contributed by atoms with van der Waals surface area (Å²) >= 11 is 0. The molecule has 0 aliphatic carbocycles. The van der Waals surface area contributed by atoms with Crippen LogP contribution < -0.4 is 4.31 Å². The molecule has 27 heavy (non-hydrogen) atoms. The maximum absolute atomic E-state index is 12.8. The van der Waals surface area contributed by atoms with Gasteiger partial charge in [-0.3, -0.25) is 9.10 Å². The molecular weight excluding hydrogens is 362 g/mol. The summed E-state index contributed by atoms with van der Waals surface area (Å²) in [4.78, 5) is 14.4. The van der Waals surface area contributed by atoms with Gasteiger partial charge in [0.25, 0.3) is 5.91 Å². The molecule has 0 N–H and O–H groups in total. The van der Waals surface area contributed by atoms with E-state index in [1.807, 2.05) is 19.1 Å². The number of sulfonamides is 1. The average molecular weight is 383 g/mol. The van der Waals surface area contributed by atoms with Crippen LogP contribution in [0, 0.1) is 11.3 Å². The summed E-state index contributed by atoms with van der Waals surface area (Å²) in [7, 11) is -1.62. The number of amides is 1. The van der Waals surface area contributed by atoms with Crippen LogP contribution in [-0.2, 0) is 23.0 Å². The van der Waals surface area contributed by atoms with E-state index >= 15 is 0 Å². The Morgan fingerprint density at radius 2 is 1.93 bits per heavy atom. The number of carbonyl (C=O) groups is 1. The molecule has 1 amide bonds. The predicted octanol–water partition coefficient (Wildman–Crippen LogP) is 2.54. The molecule has 2 aromatic carbocycles. The van der Waals surface area contributed by atoms with E-state index in [0.717, 1.165) is 11.1 Å². The molecule has 6 nitrogen and oxygen atoms in total. The molecule has 0 bridgehead atoms. The molecule has 0 saturated carbocycles. The van der Waals surface area contributed by atoms with Crippen molar-refractivity contribution in [3.63, 3.8) is 0 Å². The minimum Gasteiger partial charge on any atom is -0.337 e. The minimum atomic E-state index is -3.35. The maximum atomic E-state index is 12.8. The Morgan fingerprint density at radius 1 is 1.26 bits per heavy atom. The van der Waals surface area contributed by atoms with Gasteiger partial charge in [-0.1, -0.05) is 12.1 Å². The summed E-state index contributed by atoms with van der Waals surface area (Å²) in [6.45, 7) is 2.28. The highest BCUT2D eigenvalue weighted by Crippen LogP contribution is 2.34. The Labute approximate surface area is 159 Å². The fraction of sp³-hybridized carbons (Fsp3) is 0.300. The standard InChI is InChI=1S/C20H21N3O3S/c1-14-10-18-11-17(8-9-19(18)23(14)27(3,25)26)20(24)22(2)13-16-6-4-15(12-21)5-7-16/h4-9,11,14H,10,13H2,1-3H3. The van der Waals surface area contributed by atoms with Crippen LogP contribution in [0.5, 0.6) is 0 Å². The van der Waals surface area contributed by atoms with Crippen LogP contribution in [0.1, 0.15) is 34.0 Å². The van der Waals surface area contributed by atoms with Gasteiger partial charge in [0.2, 0.25) is 10.0 Å². The monoisotopic (exact) mass is 383 g/mol. The number of nitriles is 1. The highest BCUT2D eigenvalue weighted by Gasteiger charge is 2.33. The summed E-state index contributed by atoms with van der Waals surface area (Å²) < 4.78 is 25.4. The molecule has 1 unspecified atom stereocenters. The lowest BCUT2D eigenvalue weighted by molar-refractivity contribution is 0.0785. The molecule has 0 aromatic heterocycles. The van der Waals surface area contributed by atoms with Gasteiger partial charge in [-0.15, -0.1) is 0 Å². The van der Waals surface area contributed by atoms with Crippen molar-refractivity contribution in [1.82, 2.24) is 4.90 Å². The average Bonchev–Trinajstić information content (AvgIpc) is 2.96. The summed E-state index contributed by atoms with van der Waals surface area (Å²) in [5.74, 6) is -0.132. The zero-order chi connectivity index (χ0) is 19.8. The number of carbonyl (C=O) groups excluding carboxylic acids is 1. The van der Waals surface area contributed by atoms with Crippen LogP contribution in [0.15, 0.2) is 42.5 Å². The lowest BCUT2D eigenvalue weighted by Gasteiger charge is -2.22. The first-order chi connectivity index (χ1) is 12.7. The Morgan fingerprint density at radius 3 is 2.52 bits per heavy atom. The van der Waals surface area contributed by atoms with Crippen molar-refractivity contribution in [3.05, 3.63) is 64.7 Å². The molecule has 2 aromatic rings. The molecule has 3 rings (SSSR count). The smallest absolute Gasteiger partial charge is 0.253 e. The number of benzene rings is 2. The van der Waals surface area contributed by atoms with Crippen LogP contribution in [0.3, 0.4) is 0 Å². The number of nitrogens with zero attached hydrogens (tertiary/aromatic N) is 3. The van der Waals surface area contributed by atoms with Gasteiger partial charge in [-0.25, -0.2) is 8.42 Å². The van der Waals surface area contributed by atoms with Gasteiger partial charge in [0.1, 0.15) is 0 Å². The van der Waals surface area contributed by atoms with E-state index in [4.69, 9.17) is 5.26 Å². The minimum absolute atomic E-state index is 0.132. The lowest BCUT2D eigenvalue weighted by Crippen LogP contribution is -2.34. The van der Waals surface area contributed by atoms with Crippen molar-refractivity contribution in [2.24, 2.45) is 0 Å². The molecule has 0 saturated heterocycles. The van der Waals surface area contributed by atoms with Crippen molar-refractivity contribution in [2.75, 3.05) is 17.6 Å². The molecule has 0 spiro atoms. The molecule has 1 atom stereocenters. The first kappa shape index (κ1) is 18.9. The second-order valence-corrected chi connectivity index (χ2v) is 8.78. The van der Waals surface area contributed by atoms with E-state index in [-0.39, 0.29) is 11.9 Å². The van der Waals surface area contributed by atoms with Crippen LogP contribution in [0.25, 0.3) is 0 Å². The van der Waals surface area contributed by atoms with E-state index in [0.29, 0.717) is 29.8 Å². The van der Waals surface area contributed by atoms with E-state index < -0.39 is 10.0 Å². The number of anilines is 1. The zero-order valence-electron chi connectivity index (χ0n) is 15.5.